The first-order valence-corrected chi connectivity index (χ1v) is 6.78. The van der Waals surface area contributed by atoms with E-state index in [2.05, 4.69) is 51.8 Å². The van der Waals surface area contributed by atoms with Crippen LogP contribution in [0, 0.1) is 9.49 Å². The molecular formula is C13H16INO. The summed E-state index contributed by atoms with van der Waals surface area (Å²) in [6.07, 6.45) is 3.16. The van der Waals surface area contributed by atoms with Gasteiger partial charge in [0.1, 0.15) is 6.29 Å². The van der Waals surface area contributed by atoms with Crippen molar-refractivity contribution in [3.63, 3.8) is 0 Å². The van der Waals surface area contributed by atoms with Gasteiger partial charge in [0.05, 0.1) is 0 Å². The van der Waals surface area contributed by atoms with Crippen LogP contribution in [0.3, 0.4) is 0 Å². The summed E-state index contributed by atoms with van der Waals surface area (Å²) in [4.78, 5) is 13.1. The lowest BCUT2D eigenvalue weighted by Crippen LogP contribution is -2.33. The van der Waals surface area contributed by atoms with Gasteiger partial charge in [0.15, 0.2) is 0 Å². The molecule has 1 heterocycles. The Balaban J connectivity index is 1.86. The summed E-state index contributed by atoms with van der Waals surface area (Å²) in [7, 11) is 0. The number of likely N-dealkylation sites (tertiary alicyclic amines) is 1. The molecule has 0 radical (unpaired) electrons. The van der Waals surface area contributed by atoms with Gasteiger partial charge in [0, 0.05) is 16.0 Å². The van der Waals surface area contributed by atoms with Crippen molar-refractivity contribution in [1.82, 2.24) is 4.90 Å². The second kappa shape index (κ2) is 5.77. The molecule has 0 amide bonds. The number of halogens is 1. The normalized spacial score (nSPS) is 18.6. The number of piperidine rings is 1. The SMILES string of the molecule is O=CC1CCN(Cc2ccc(I)cc2)CC1. The summed E-state index contributed by atoms with van der Waals surface area (Å²) in [5.74, 6) is 0.299. The molecule has 1 aliphatic heterocycles. The molecule has 1 aliphatic rings. The van der Waals surface area contributed by atoms with Crippen molar-refractivity contribution >= 4 is 28.9 Å². The molecule has 2 nitrogen and oxygen atoms in total. The fraction of sp³-hybridized carbons (Fsp3) is 0.462. The number of rotatable bonds is 3. The highest BCUT2D eigenvalue weighted by Gasteiger charge is 2.18. The van der Waals surface area contributed by atoms with Crippen LogP contribution in [0.15, 0.2) is 24.3 Å². The van der Waals surface area contributed by atoms with Gasteiger partial charge >= 0.3 is 0 Å². The monoisotopic (exact) mass is 329 g/mol. The highest BCUT2D eigenvalue weighted by molar-refractivity contribution is 14.1. The summed E-state index contributed by atoms with van der Waals surface area (Å²) in [6, 6.07) is 8.67. The zero-order valence-corrected chi connectivity index (χ0v) is 11.4. The zero-order valence-electron chi connectivity index (χ0n) is 9.23. The summed E-state index contributed by atoms with van der Waals surface area (Å²) in [5, 5.41) is 0. The van der Waals surface area contributed by atoms with Crippen LogP contribution in [0.2, 0.25) is 0 Å². The Hall–Kier alpha value is -0.420. The second-order valence-corrected chi connectivity index (χ2v) is 5.62. The van der Waals surface area contributed by atoms with Gasteiger partial charge in [-0.2, -0.15) is 0 Å². The minimum absolute atomic E-state index is 0.299. The third kappa shape index (κ3) is 3.28. The number of aldehydes is 1. The van der Waals surface area contributed by atoms with Crippen molar-refractivity contribution in [2.24, 2.45) is 5.92 Å². The highest BCUT2D eigenvalue weighted by Crippen LogP contribution is 2.17. The fourth-order valence-corrected chi connectivity index (χ4v) is 2.45. The topological polar surface area (TPSA) is 20.3 Å². The summed E-state index contributed by atoms with van der Waals surface area (Å²) >= 11 is 2.32. The maximum Gasteiger partial charge on any atom is 0.123 e. The third-order valence-electron chi connectivity index (χ3n) is 3.14. The predicted octanol–water partition coefficient (Wildman–Crippen LogP) is 2.70. The Morgan fingerprint density at radius 3 is 2.44 bits per heavy atom. The first-order chi connectivity index (χ1) is 7.78. The van der Waals surface area contributed by atoms with Gasteiger partial charge in [-0.1, -0.05) is 12.1 Å². The van der Waals surface area contributed by atoms with E-state index >= 15 is 0 Å². The number of nitrogens with zero attached hydrogens (tertiary/aromatic N) is 1. The molecule has 86 valence electrons. The smallest absolute Gasteiger partial charge is 0.123 e. The molecule has 0 aliphatic carbocycles. The molecule has 0 bridgehead atoms. The van der Waals surface area contributed by atoms with Crippen molar-refractivity contribution in [3.8, 4) is 0 Å². The Morgan fingerprint density at radius 2 is 1.88 bits per heavy atom. The van der Waals surface area contributed by atoms with Gasteiger partial charge in [-0.15, -0.1) is 0 Å². The number of benzene rings is 1. The number of hydrogen-bond donors (Lipinski definition) is 0. The molecule has 0 spiro atoms. The Labute approximate surface area is 110 Å². The molecule has 16 heavy (non-hydrogen) atoms. The van der Waals surface area contributed by atoms with Gasteiger partial charge in [0.2, 0.25) is 0 Å². The van der Waals surface area contributed by atoms with Crippen LogP contribution >= 0.6 is 22.6 Å². The van der Waals surface area contributed by atoms with Crippen molar-refractivity contribution in [1.29, 1.82) is 0 Å². The largest absolute Gasteiger partial charge is 0.303 e. The van der Waals surface area contributed by atoms with Gasteiger partial charge in [-0.05, 0) is 66.2 Å². The van der Waals surface area contributed by atoms with Crippen LogP contribution in [-0.4, -0.2) is 24.3 Å². The molecule has 0 saturated carbocycles. The van der Waals surface area contributed by atoms with Gasteiger partial charge < -0.3 is 4.79 Å². The Morgan fingerprint density at radius 1 is 1.25 bits per heavy atom. The first-order valence-electron chi connectivity index (χ1n) is 5.70. The standard InChI is InChI=1S/C13H16INO/c14-13-3-1-11(2-4-13)9-15-7-5-12(10-16)6-8-15/h1-4,10,12H,5-9H2. The van der Waals surface area contributed by atoms with Crippen LogP contribution in [0.25, 0.3) is 0 Å². The van der Waals surface area contributed by atoms with Crippen molar-refractivity contribution in [3.05, 3.63) is 33.4 Å². The van der Waals surface area contributed by atoms with Gasteiger partial charge in [-0.3, -0.25) is 4.90 Å². The van der Waals surface area contributed by atoms with E-state index in [4.69, 9.17) is 0 Å². The van der Waals surface area contributed by atoms with E-state index in [-0.39, 0.29) is 0 Å². The lowest BCUT2D eigenvalue weighted by molar-refractivity contribution is -0.112. The minimum Gasteiger partial charge on any atom is -0.303 e. The van der Waals surface area contributed by atoms with Crippen LogP contribution in [0.4, 0.5) is 0 Å². The summed E-state index contributed by atoms with van der Waals surface area (Å²) in [5.41, 5.74) is 1.37. The molecule has 1 fully saturated rings. The lowest BCUT2D eigenvalue weighted by Gasteiger charge is -2.29. The lowest BCUT2D eigenvalue weighted by atomic mass is 9.98. The van der Waals surface area contributed by atoms with Gasteiger partial charge in [-0.25, -0.2) is 0 Å². The first kappa shape index (κ1) is 12.0. The van der Waals surface area contributed by atoms with E-state index in [1.807, 2.05) is 0 Å². The molecule has 2 rings (SSSR count). The maximum absolute atomic E-state index is 10.6. The van der Waals surface area contributed by atoms with Crippen LogP contribution < -0.4 is 0 Å². The second-order valence-electron chi connectivity index (χ2n) is 4.38. The molecular weight excluding hydrogens is 313 g/mol. The molecule has 0 atom stereocenters. The van der Waals surface area contributed by atoms with E-state index in [1.54, 1.807) is 0 Å². The van der Waals surface area contributed by atoms with Crippen LogP contribution in [0.1, 0.15) is 18.4 Å². The van der Waals surface area contributed by atoms with Crippen LogP contribution in [-0.2, 0) is 11.3 Å². The highest BCUT2D eigenvalue weighted by atomic mass is 127. The van der Waals surface area contributed by atoms with Crippen molar-refractivity contribution in [2.45, 2.75) is 19.4 Å². The third-order valence-corrected chi connectivity index (χ3v) is 3.86. The molecule has 1 aromatic carbocycles. The van der Waals surface area contributed by atoms with Gasteiger partial charge in [0.25, 0.3) is 0 Å². The fourth-order valence-electron chi connectivity index (χ4n) is 2.10. The minimum atomic E-state index is 0.299. The number of carbonyl (C=O) groups is 1. The van der Waals surface area contributed by atoms with E-state index in [1.165, 1.54) is 9.13 Å². The van der Waals surface area contributed by atoms with Crippen molar-refractivity contribution in [2.75, 3.05) is 13.1 Å². The molecule has 0 aromatic heterocycles. The average Bonchev–Trinajstić information content (AvgIpc) is 2.33. The Bertz CT molecular complexity index is 341. The molecule has 0 N–H and O–H groups in total. The quantitative estimate of drug-likeness (QED) is 0.628. The molecule has 1 saturated heterocycles. The van der Waals surface area contributed by atoms with Crippen molar-refractivity contribution < 1.29 is 4.79 Å². The molecule has 0 unspecified atom stereocenters. The average molecular weight is 329 g/mol. The number of hydrogen-bond acceptors (Lipinski definition) is 2. The molecule has 1 aromatic rings. The zero-order chi connectivity index (χ0) is 11.4. The van der Waals surface area contributed by atoms with E-state index in [9.17, 15) is 4.79 Å². The number of carbonyl (C=O) groups excluding carboxylic acids is 1. The summed E-state index contributed by atoms with van der Waals surface area (Å²) in [6.45, 7) is 3.12. The van der Waals surface area contributed by atoms with E-state index in [0.29, 0.717) is 5.92 Å². The van der Waals surface area contributed by atoms with E-state index in [0.717, 1.165) is 38.8 Å². The van der Waals surface area contributed by atoms with Crippen LogP contribution in [0.5, 0.6) is 0 Å². The Kier molecular flexibility index (Phi) is 4.35. The summed E-state index contributed by atoms with van der Waals surface area (Å²) < 4.78 is 1.28. The predicted molar refractivity (Wildman–Crippen MR) is 73.2 cm³/mol. The molecule has 3 heteroatoms. The maximum atomic E-state index is 10.6. The van der Waals surface area contributed by atoms with E-state index < -0.39 is 0 Å².